The minimum absolute atomic E-state index is 0.332. The Morgan fingerprint density at radius 2 is 2.11 bits per heavy atom. The van der Waals surface area contributed by atoms with E-state index in [-0.39, 0.29) is 0 Å². The van der Waals surface area contributed by atoms with Crippen molar-refractivity contribution in [3.05, 3.63) is 24.0 Å². The van der Waals surface area contributed by atoms with Crippen molar-refractivity contribution in [2.24, 2.45) is 11.7 Å². The lowest BCUT2D eigenvalue weighted by molar-refractivity contribution is 0.356. The number of nitrogens with one attached hydrogen (secondary N) is 1. The van der Waals surface area contributed by atoms with Crippen LogP contribution < -0.4 is 11.1 Å². The van der Waals surface area contributed by atoms with Crippen molar-refractivity contribution < 1.29 is 0 Å². The average Bonchev–Trinajstić information content (AvgIpc) is 2.27. The third kappa shape index (κ3) is 5.98. The van der Waals surface area contributed by atoms with Crippen molar-refractivity contribution in [2.75, 3.05) is 26.0 Å². The van der Waals surface area contributed by atoms with E-state index in [0.717, 1.165) is 18.7 Å². The highest BCUT2D eigenvalue weighted by atomic mass is 32.1. The molecule has 1 unspecified atom stereocenters. The van der Waals surface area contributed by atoms with Crippen LogP contribution in [0.2, 0.25) is 0 Å². The molecule has 19 heavy (non-hydrogen) atoms. The molecule has 1 rings (SSSR count). The number of nitrogens with zero attached hydrogens (tertiary/aromatic N) is 2. The first kappa shape index (κ1) is 15.9. The first-order valence-electron chi connectivity index (χ1n) is 6.55. The van der Waals surface area contributed by atoms with E-state index in [1.54, 1.807) is 6.20 Å². The topological polar surface area (TPSA) is 54.2 Å². The Hall–Kier alpha value is -1.20. The Bertz CT molecular complexity index is 390. The summed E-state index contributed by atoms with van der Waals surface area (Å²) in [6, 6.07) is 4.24. The molecule has 4 nitrogen and oxygen atoms in total. The number of aromatic nitrogens is 1. The molecule has 106 valence electrons. The van der Waals surface area contributed by atoms with Gasteiger partial charge in [0.15, 0.2) is 0 Å². The van der Waals surface area contributed by atoms with Crippen molar-refractivity contribution in [3.63, 3.8) is 0 Å². The van der Waals surface area contributed by atoms with E-state index in [0.29, 0.717) is 22.6 Å². The van der Waals surface area contributed by atoms with E-state index < -0.39 is 0 Å². The number of hydrogen-bond donors (Lipinski definition) is 2. The summed E-state index contributed by atoms with van der Waals surface area (Å²) < 4.78 is 0. The minimum Gasteiger partial charge on any atom is -0.388 e. The SMILES string of the molecule is CC(C)CC(CN(C)C)Nc1ccc(C(N)=S)nc1. The van der Waals surface area contributed by atoms with E-state index in [2.05, 4.69) is 43.1 Å². The summed E-state index contributed by atoms with van der Waals surface area (Å²) in [6.45, 7) is 5.46. The van der Waals surface area contributed by atoms with Crippen molar-refractivity contribution in [1.82, 2.24) is 9.88 Å². The molecule has 0 aliphatic rings. The van der Waals surface area contributed by atoms with Crippen LogP contribution in [0.15, 0.2) is 18.3 Å². The molecule has 1 atom stereocenters. The number of hydrogen-bond acceptors (Lipinski definition) is 4. The monoisotopic (exact) mass is 280 g/mol. The molecule has 0 aromatic carbocycles. The maximum absolute atomic E-state index is 5.54. The second-order valence-electron chi connectivity index (χ2n) is 5.53. The molecule has 0 amide bonds. The van der Waals surface area contributed by atoms with Gasteiger partial charge in [-0.1, -0.05) is 26.1 Å². The predicted octanol–water partition coefficient (Wildman–Crippen LogP) is 2.10. The van der Waals surface area contributed by atoms with Crippen LogP contribution in [-0.2, 0) is 0 Å². The quantitative estimate of drug-likeness (QED) is 0.749. The van der Waals surface area contributed by atoms with Gasteiger partial charge in [-0.05, 0) is 38.6 Å². The molecule has 1 aromatic rings. The maximum atomic E-state index is 5.54. The van der Waals surface area contributed by atoms with Crippen LogP contribution in [0, 0.1) is 5.92 Å². The van der Waals surface area contributed by atoms with Gasteiger partial charge < -0.3 is 16.0 Å². The van der Waals surface area contributed by atoms with Crippen LogP contribution in [0.4, 0.5) is 5.69 Å². The maximum Gasteiger partial charge on any atom is 0.122 e. The highest BCUT2D eigenvalue weighted by molar-refractivity contribution is 7.80. The molecule has 3 N–H and O–H groups in total. The number of nitrogens with two attached hydrogens (primary N) is 1. The summed E-state index contributed by atoms with van der Waals surface area (Å²) in [5.41, 5.74) is 7.21. The van der Waals surface area contributed by atoms with E-state index in [1.165, 1.54) is 0 Å². The van der Waals surface area contributed by atoms with Gasteiger partial charge in [-0.25, -0.2) is 0 Å². The third-order valence-electron chi connectivity index (χ3n) is 2.73. The van der Waals surface area contributed by atoms with Gasteiger partial charge in [-0.3, -0.25) is 4.98 Å². The molecular formula is C14H24N4S. The van der Waals surface area contributed by atoms with Crippen LogP contribution in [0.3, 0.4) is 0 Å². The standard InChI is InChI=1S/C14H24N4S/c1-10(2)7-12(9-18(3)4)17-11-5-6-13(14(15)19)16-8-11/h5-6,8,10,12,17H,7,9H2,1-4H3,(H2,15,19). The minimum atomic E-state index is 0.332. The Balaban J connectivity index is 2.69. The molecule has 1 heterocycles. The first-order chi connectivity index (χ1) is 8.88. The first-order valence-corrected chi connectivity index (χ1v) is 6.96. The Morgan fingerprint density at radius 1 is 1.42 bits per heavy atom. The molecule has 0 spiro atoms. The second-order valence-corrected chi connectivity index (χ2v) is 5.97. The van der Waals surface area contributed by atoms with Crippen LogP contribution in [0.1, 0.15) is 26.0 Å². The lowest BCUT2D eigenvalue weighted by atomic mass is 10.0. The Kier molecular flexibility index (Phi) is 6.18. The van der Waals surface area contributed by atoms with E-state index in [1.807, 2.05) is 12.1 Å². The number of rotatable bonds is 7. The lowest BCUT2D eigenvalue weighted by Crippen LogP contribution is -2.33. The largest absolute Gasteiger partial charge is 0.388 e. The summed E-state index contributed by atoms with van der Waals surface area (Å²) in [5, 5.41) is 3.52. The van der Waals surface area contributed by atoms with Crippen LogP contribution in [-0.4, -0.2) is 41.6 Å². The molecule has 0 saturated heterocycles. The number of likely N-dealkylation sites (N-methyl/N-ethyl adjacent to an activating group) is 1. The van der Waals surface area contributed by atoms with Crippen molar-refractivity contribution in [2.45, 2.75) is 26.3 Å². The van der Waals surface area contributed by atoms with Crippen LogP contribution in [0.5, 0.6) is 0 Å². The van der Waals surface area contributed by atoms with Crippen molar-refractivity contribution in [1.29, 1.82) is 0 Å². The summed E-state index contributed by atoms with van der Waals surface area (Å²) in [7, 11) is 4.17. The van der Waals surface area contributed by atoms with E-state index in [4.69, 9.17) is 18.0 Å². The zero-order valence-electron chi connectivity index (χ0n) is 12.2. The van der Waals surface area contributed by atoms with Crippen molar-refractivity contribution in [3.8, 4) is 0 Å². The number of anilines is 1. The second kappa shape index (κ2) is 7.40. The summed E-state index contributed by atoms with van der Waals surface area (Å²) in [4.78, 5) is 6.77. The van der Waals surface area contributed by atoms with Gasteiger partial charge >= 0.3 is 0 Å². The fourth-order valence-electron chi connectivity index (χ4n) is 2.05. The molecule has 0 aliphatic heterocycles. The Labute approximate surface area is 121 Å². The van der Waals surface area contributed by atoms with Gasteiger partial charge in [0.05, 0.1) is 17.6 Å². The van der Waals surface area contributed by atoms with Gasteiger partial charge in [0, 0.05) is 12.6 Å². The molecule has 0 bridgehead atoms. The van der Waals surface area contributed by atoms with E-state index >= 15 is 0 Å². The summed E-state index contributed by atoms with van der Waals surface area (Å²) >= 11 is 4.90. The summed E-state index contributed by atoms with van der Waals surface area (Å²) in [5.74, 6) is 0.654. The van der Waals surface area contributed by atoms with Gasteiger partial charge in [0.2, 0.25) is 0 Å². The number of thiocarbonyl (C=S) groups is 1. The molecular weight excluding hydrogens is 256 g/mol. The molecule has 5 heteroatoms. The predicted molar refractivity (Wildman–Crippen MR) is 85.5 cm³/mol. The van der Waals surface area contributed by atoms with Gasteiger partial charge in [0.25, 0.3) is 0 Å². The fourth-order valence-corrected chi connectivity index (χ4v) is 2.17. The third-order valence-corrected chi connectivity index (χ3v) is 2.94. The molecule has 1 aromatic heterocycles. The molecule has 0 radical (unpaired) electrons. The van der Waals surface area contributed by atoms with E-state index in [9.17, 15) is 0 Å². The number of pyridine rings is 1. The zero-order valence-corrected chi connectivity index (χ0v) is 13.0. The van der Waals surface area contributed by atoms with Gasteiger partial charge in [0.1, 0.15) is 4.99 Å². The lowest BCUT2D eigenvalue weighted by Gasteiger charge is -2.24. The highest BCUT2D eigenvalue weighted by Gasteiger charge is 2.12. The fraction of sp³-hybridized carbons (Fsp3) is 0.571. The molecule has 0 saturated carbocycles. The average molecular weight is 280 g/mol. The smallest absolute Gasteiger partial charge is 0.122 e. The van der Waals surface area contributed by atoms with Crippen LogP contribution >= 0.6 is 12.2 Å². The van der Waals surface area contributed by atoms with Crippen LogP contribution in [0.25, 0.3) is 0 Å². The molecule has 0 fully saturated rings. The zero-order chi connectivity index (χ0) is 14.4. The summed E-state index contributed by atoms with van der Waals surface area (Å²) in [6.07, 6.45) is 2.91. The Morgan fingerprint density at radius 3 is 2.53 bits per heavy atom. The molecule has 0 aliphatic carbocycles. The normalized spacial score (nSPS) is 12.7. The van der Waals surface area contributed by atoms with Crippen molar-refractivity contribution >= 4 is 22.9 Å². The highest BCUT2D eigenvalue weighted by Crippen LogP contribution is 2.13. The van der Waals surface area contributed by atoms with Gasteiger partial charge in [-0.15, -0.1) is 0 Å². The van der Waals surface area contributed by atoms with Gasteiger partial charge in [-0.2, -0.15) is 0 Å².